The van der Waals surface area contributed by atoms with Gasteiger partial charge in [0.2, 0.25) is 18.0 Å². The van der Waals surface area contributed by atoms with E-state index in [1.807, 2.05) is 11.8 Å². The Hall–Kier alpha value is -1.22. The molecule has 1 amide bonds. The maximum atomic E-state index is 12.6. The summed E-state index contributed by atoms with van der Waals surface area (Å²) in [7, 11) is 0. The van der Waals surface area contributed by atoms with Crippen molar-refractivity contribution < 1.29 is 33.6 Å². The van der Waals surface area contributed by atoms with Gasteiger partial charge >= 0.3 is 5.97 Å². The van der Waals surface area contributed by atoms with E-state index in [1.165, 1.54) is 0 Å². The molecule has 31 heavy (non-hydrogen) atoms. The summed E-state index contributed by atoms with van der Waals surface area (Å²) in [6.45, 7) is 7.78. The van der Waals surface area contributed by atoms with E-state index in [0.717, 1.165) is 51.6 Å². The van der Waals surface area contributed by atoms with Crippen LogP contribution in [0.1, 0.15) is 72.1 Å². The summed E-state index contributed by atoms with van der Waals surface area (Å²) in [6.07, 6.45) is 4.74. The highest BCUT2D eigenvalue weighted by atomic mass is 17.3. The highest BCUT2D eigenvalue weighted by Crippen LogP contribution is 2.60. The Bertz CT molecular complexity index is 725. The molecule has 1 spiro atoms. The molecular weight excluding hydrogens is 402 g/mol. The standard InChI is InChI=1S/C23H35NO7/c1-14-6-7-17-15(2)20(27-19(26)9-8-18(25)24-12-4-5-13-24)28-21-23(17)16(14)10-11-22(3,29-21)30-31-23/h14-17,20-21H,4-13H2,1-3H3/t14-,15-,16+,17-,20-,21-,22-,23-/m1/s1. The normalized spacial score (nSPS) is 46.4. The number of nitrogens with zero attached hydrogens (tertiary/aromatic N) is 1. The molecule has 5 heterocycles. The van der Waals surface area contributed by atoms with Crippen LogP contribution in [0.3, 0.4) is 0 Å². The fraction of sp³-hybridized carbons (Fsp3) is 0.913. The number of carbonyl (C=O) groups is 2. The number of esters is 1. The number of likely N-dealkylation sites (tertiary alicyclic amines) is 1. The summed E-state index contributed by atoms with van der Waals surface area (Å²) in [5.74, 6) is -0.412. The van der Waals surface area contributed by atoms with Crippen molar-refractivity contribution in [3.05, 3.63) is 0 Å². The van der Waals surface area contributed by atoms with Gasteiger partial charge in [0.05, 0.1) is 6.42 Å². The average Bonchev–Trinajstić information content (AvgIpc) is 3.19. The van der Waals surface area contributed by atoms with Gasteiger partial charge in [0.1, 0.15) is 0 Å². The van der Waals surface area contributed by atoms with E-state index in [-0.39, 0.29) is 36.5 Å². The molecule has 5 aliphatic heterocycles. The second-order valence-corrected chi connectivity index (χ2v) is 10.4. The first-order valence-electron chi connectivity index (χ1n) is 12.0. The van der Waals surface area contributed by atoms with Crippen LogP contribution in [0, 0.1) is 23.7 Å². The van der Waals surface area contributed by atoms with Gasteiger partial charge in [0, 0.05) is 37.8 Å². The highest BCUT2D eigenvalue weighted by molar-refractivity contribution is 5.81. The number of hydrogen-bond donors (Lipinski definition) is 0. The third-order valence-corrected chi connectivity index (χ3v) is 8.35. The minimum atomic E-state index is -0.852. The smallest absolute Gasteiger partial charge is 0.308 e. The van der Waals surface area contributed by atoms with E-state index in [4.69, 9.17) is 24.0 Å². The van der Waals surface area contributed by atoms with Gasteiger partial charge in [-0.3, -0.25) is 9.59 Å². The largest absolute Gasteiger partial charge is 0.435 e. The fourth-order valence-electron chi connectivity index (χ4n) is 6.53. The summed E-state index contributed by atoms with van der Waals surface area (Å²) >= 11 is 0. The van der Waals surface area contributed by atoms with Gasteiger partial charge in [-0.25, -0.2) is 9.78 Å². The van der Waals surface area contributed by atoms with Crippen LogP contribution in [0.2, 0.25) is 0 Å². The third kappa shape index (κ3) is 3.59. The highest BCUT2D eigenvalue weighted by Gasteiger charge is 2.69. The van der Waals surface area contributed by atoms with Gasteiger partial charge in [-0.15, -0.1) is 0 Å². The zero-order valence-electron chi connectivity index (χ0n) is 18.8. The lowest BCUT2D eigenvalue weighted by Gasteiger charge is -2.59. The zero-order valence-corrected chi connectivity index (χ0v) is 18.8. The second kappa shape index (κ2) is 7.97. The number of fused-ring (bicyclic) bond motifs is 2. The van der Waals surface area contributed by atoms with E-state index >= 15 is 0 Å². The van der Waals surface area contributed by atoms with Crippen LogP contribution in [0.15, 0.2) is 0 Å². The summed E-state index contributed by atoms with van der Waals surface area (Å²) < 4.78 is 18.3. The molecule has 6 rings (SSSR count). The zero-order chi connectivity index (χ0) is 21.8. The van der Waals surface area contributed by atoms with Crippen molar-refractivity contribution in [2.45, 2.75) is 96.1 Å². The number of rotatable bonds is 4. The Morgan fingerprint density at radius 3 is 2.58 bits per heavy atom. The molecule has 8 heteroatoms. The minimum absolute atomic E-state index is 0.0259. The van der Waals surface area contributed by atoms with Crippen LogP contribution in [0.4, 0.5) is 0 Å². The van der Waals surface area contributed by atoms with Crippen molar-refractivity contribution in [3.8, 4) is 0 Å². The molecule has 1 saturated carbocycles. The molecule has 0 aromatic rings. The van der Waals surface area contributed by atoms with Crippen molar-refractivity contribution >= 4 is 11.9 Å². The van der Waals surface area contributed by atoms with Crippen molar-refractivity contribution in [1.29, 1.82) is 0 Å². The number of amides is 1. The quantitative estimate of drug-likeness (QED) is 0.493. The van der Waals surface area contributed by atoms with Gasteiger partial charge in [0.15, 0.2) is 11.9 Å². The number of ether oxygens (including phenoxy) is 3. The Kier molecular flexibility index (Phi) is 5.56. The lowest BCUT2D eigenvalue weighted by atomic mass is 9.58. The first-order chi connectivity index (χ1) is 14.8. The predicted molar refractivity (Wildman–Crippen MR) is 108 cm³/mol. The molecule has 8 atom stereocenters. The number of hydrogen-bond acceptors (Lipinski definition) is 7. The molecule has 6 aliphatic rings. The van der Waals surface area contributed by atoms with E-state index in [1.54, 1.807) is 0 Å². The second-order valence-electron chi connectivity index (χ2n) is 10.4. The van der Waals surface area contributed by atoms with Crippen LogP contribution in [-0.4, -0.2) is 53.8 Å². The molecule has 0 radical (unpaired) electrons. The van der Waals surface area contributed by atoms with Crippen LogP contribution in [0.5, 0.6) is 0 Å². The van der Waals surface area contributed by atoms with Gasteiger partial charge < -0.3 is 19.1 Å². The summed E-state index contributed by atoms with van der Waals surface area (Å²) in [6, 6.07) is 0. The molecule has 0 N–H and O–H groups in total. The predicted octanol–water partition coefficient (Wildman–Crippen LogP) is 3.14. The van der Waals surface area contributed by atoms with Gasteiger partial charge in [-0.1, -0.05) is 13.8 Å². The van der Waals surface area contributed by atoms with Crippen LogP contribution < -0.4 is 0 Å². The third-order valence-electron chi connectivity index (χ3n) is 8.35. The van der Waals surface area contributed by atoms with Gasteiger partial charge in [-0.05, 0) is 50.9 Å². The van der Waals surface area contributed by atoms with Crippen molar-refractivity contribution in [3.63, 3.8) is 0 Å². The number of carbonyl (C=O) groups excluding carboxylic acids is 2. The molecule has 5 saturated heterocycles. The van der Waals surface area contributed by atoms with E-state index in [0.29, 0.717) is 5.92 Å². The summed E-state index contributed by atoms with van der Waals surface area (Å²) in [5.41, 5.74) is -0.665. The first kappa shape index (κ1) is 21.6. The lowest BCUT2D eigenvalue weighted by Crippen LogP contribution is -2.70. The Labute approximate surface area is 183 Å². The molecule has 8 nitrogen and oxygen atoms in total. The maximum absolute atomic E-state index is 12.6. The molecule has 2 bridgehead atoms. The van der Waals surface area contributed by atoms with E-state index in [2.05, 4.69) is 13.8 Å². The summed E-state index contributed by atoms with van der Waals surface area (Å²) in [4.78, 5) is 38.6. The maximum Gasteiger partial charge on any atom is 0.308 e. The molecule has 0 aromatic carbocycles. The lowest BCUT2D eigenvalue weighted by molar-refractivity contribution is -0.576. The monoisotopic (exact) mass is 437 g/mol. The van der Waals surface area contributed by atoms with Crippen molar-refractivity contribution in [2.24, 2.45) is 23.7 Å². The molecule has 0 aromatic heterocycles. The Balaban J connectivity index is 1.28. The van der Waals surface area contributed by atoms with Crippen LogP contribution >= 0.6 is 0 Å². The molecule has 6 fully saturated rings. The molecular formula is C23H35NO7. The first-order valence-corrected chi connectivity index (χ1v) is 12.0. The van der Waals surface area contributed by atoms with Crippen molar-refractivity contribution in [2.75, 3.05) is 13.1 Å². The Morgan fingerprint density at radius 2 is 1.81 bits per heavy atom. The van der Waals surface area contributed by atoms with Crippen molar-refractivity contribution in [1.82, 2.24) is 4.90 Å². The van der Waals surface area contributed by atoms with Crippen LogP contribution in [0.25, 0.3) is 0 Å². The SMILES string of the molecule is C[C@H]1[C@H](OC(=O)CCC(=O)N2CCCC2)O[C@@H]2O[C@@]3(C)CC[C@H]4[C@H](C)CC[C@H]1[C@@]24OO3. The van der Waals surface area contributed by atoms with E-state index < -0.39 is 29.9 Å². The minimum Gasteiger partial charge on any atom is -0.435 e. The Morgan fingerprint density at radius 1 is 1.03 bits per heavy atom. The topological polar surface area (TPSA) is 83.5 Å². The van der Waals surface area contributed by atoms with E-state index in [9.17, 15) is 9.59 Å². The average molecular weight is 438 g/mol. The fourth-order valence-corrected chi connectivity index (χ4v) is 6.53. The van der Waals surface area contributed by atoms with Gasteiger partial charge in [0.25, 0.3) is 0 Å². The molecule has 0 unspecified atom stereocenters. The molecule has 174 valence electrons. The molecule has 1 aliphatic carbocycles. The van der Waals surface area contributed by atoms with Gasteiger partial charge in [-0.2, -0.15) is 0 Å². The van der Waals surface area contributed by atoms with Crippen LogP contribution in [-0.2, 0) is 33.6 Å². The summed E-state index contributed by atoms with van der Waals surface area (Å²) in [5, 5.41) is 0.